The second kappa shape index (κ2) is 9.64. The van der Waals surface area contributed by atoms with Gasteiger partial charge in [-0.15, -0.1) is 0 Å². The first-order chi connectivity index (χ1) is 17.3. The molecule has 3 heterocycles. The van der Waals surface area contributed by atoms with Crippen molar-refractivity contribution in [3.63, 3.8) is 0 Å². The van der Waals surface area contributed by atoms with Gasteiger partial charge >= 0.3 is 6.18 Å². The Balaban J connectivity index is 1.62. The van der Waals surface area contributed by atoms with Gasteiger partial charge in [0, 0.05) is 49.2 Å². The molecule has 1 N–H and O–H groups in total. The number of hydrogen-bond acceptors (Lipinski definition) is 2. The van der Waals surface area contributed by atoms with Crippen LogP contribution in [0.15, 0.2) is 73.2 Å². The highest BCUT2D eigenvalue weighted by molar-refractivity contribution is 5.89. The summed E-state index contributed by atoms with van der Waals surface area (Å²) >= 11 is 0. The van der Waals surface area contributed by atoms with Gasteiger partial charge in [0.25, 0.3) is 0 Å². The number of amides is 1. The molecule has 1 atom stereocenters. The van der Waals surface area contributed by atoms with Crippen LogP contribution in [-0.4, -0.2) is 27.8 Å². The van der Waals surface area contributed by atoms with Crippen LogP contribution in [0.1, 0.15) is 58.8 Å². The fourth-order valence-electron chi connectivity index (χ4n) is 4.97. The molecule has 0 fully saturated rings. The molecule has 0 spiro atoms. The van der Waals surface area contributed by atoms with E-state index >= 15 is 0 Å². The molecule has 5 rings (SSSR count). The average Bonchev–Trinajstić information content (AvgIpc) is 3.21. The number of nitrogens with one attached hydrogen (secondary N) is 1. The van der Waals surface area contributed by atoms with Gasteiger partial charge in [-0.1, -0.05) is 30.4 Å². The number of aromatic amines is 1. The van der Waals surface area contributed by atoms with Crippen molar-refractivity contribution in [2.45, 2.75) is 37.8 Å². The van der Waals surface area contributed by atoms with E-state index in [1.165, 1.54) is 22.7 Å². The Morgan fingerprint density at radius 3 is 2.78 bits per heavy atom. The number of carbonyl (C=O) groups excluding carboxylic acids is 1. The number of nitrogens with zero attached hydrogens (tertiary/aromatic N) is 2. The molecule has 1 aliphatic carbocycles. The van der Waals surface area contributed by atoms with E-state index < -0.39 is 17.7 Å². The van der Waals surface area contributed by atoms with Crippen LogP contribution < -0.4 is 0 Å². The molecular weight excluding hydrogens is 463 g/mol. The minimum Gasteiger partial charge on any atom is -0.364 e. The van der Waals surface area contributed by atoms with Crippen LogP contribution in [-0.2, 0) is 17.4 Å². The third-order valence-corrected chi connectivity index (χ3v) is 6.82. The lowest BCUT2D eigenvalue weighted by molar-refractivity contribution is -0.138. The molecule has 0 saturated heterocycles. The van der Waals surface area contributed by atoms with Gasteiger partial charge in [-0.25, -0.2) is 0 Å². The number of fused-ring (bicyclic) bond motifs is 1. The lowest BCUT2D eigenvalue weighted by Crippen LogP contribution is -2.19. The standard InChI is InChI=1S/C29H26F3N3O/c1-35-18-24(22(10-11-28(35)36)23-7-3-4-8-25(23)29(30,31)32)27-17-20(12-14-34-27)19-6-2-5-9-26-21(16-19)13-15-33-26/h2-4,6-8,12-18,22,33H,5,9-11H2,1H3. The zero-order valence-electron chi connectivity index (χ0n) is 19.8. The van der Waals surface area contributed by atoms with Crippen molar-refractivity contribution in [2.75, 3.05) is 7.05 Å². The first kappa shape index (κ1) is 23.9. The summed E-state index contributed by atoms with van der Waals surface area (Å²) in [5.74, 6) is -0.765. The third-order valence-electron chi connectivity index (χ3n) is 6.82. The number of rotatable bonds is 3. The summed E-state index contributed by atoms with van der Waals surface area (Å²) in [6, 6.07) is 11.5. The van der Waals surface area contributed by atoms with E-state index in [1.807, 2.05) is 24.4 Å². The fourth-order valence-corrected chi connectivity index (χ4v) is 4.97. The molecule has 7 heteroatoms. The Kier molecular flexibility index (Phi) is 6.39. The van der Waals surface area contributed by atoms with Crippen LogP contribution in [0.25, 0.3) is 17.2 Å². The first-order valence-electron chi connectivity index (χ1n) is 12.0. The molecule has 0 saturated carbocycles. The van der Waals surface area contributed by atoms with Crippen molar-refractivity contribution in [2.24, 2.45) is 0 Å². The van der Waals surface area contributed by atoms with Gasteiger partial charge in [0.2, 0.25) is 5.91 Å². The minimum absolute atomic E-state index is 0.138. The van der Waals surface area contributed by atoms with Crippen molar-refractivity contribution >= 4 is 23.1 Å². The predicted octanol–water partition coefficient (Wildman–Crippen LogP) is 6.85. The van der Waals surface area contributed by atoms with Gasteiger partial charge < -0.3 is 9.88 Å². The van der Waals surface area contributed by atoms with E-state index in [-0.39, 0.29) is 24.3 Å². The molecule has 3 aromatic rings. The number of aromatic nitrogens is 2. The largest absolute Gasteiger partial charge is 0.416 e. The zero-order valence-corrected chi connectivity index (χ0v) is 19.8. The van der Waals surface area contributed by atoms with Crippen LogP contribution in [0.2, 0.25) is 0 Å². The summed E-state index contributed by atoms with van der Waals surface area (Å²) in [5.41, 5.74) is 4.82. The smallest absolute Gasteiger partial charge is 0.364 e. The number of hydrogen-bond donors (Lipinski definition) is 1. The maximum absolute atomic E-state index is 13.9. The first-order valence-corrected chi connectivity index (χ1v) is 12.0. The normalized spacial score (nSPS) is 18.6. The second-order valence-electron chi connectivity index (χ2n) is 9.15. The Morgan fingerprint density at radius 1 is 1.11 bits per heavy atom. The van der Waals surface area contributed by atoms with Gasteiger partial charge in [0.1, 0.15) is 0 Å². The SMILES string of the molecule is CN1C=C(c2cc(C3=Cc4cc[nH]c4CCC=C3)ccn2)C(c2ccccc2C(F)(F)F)CCC1=O. The van der Waals surface area contributed by atoms with Crippen molar-refractivity contribution in [3.8, 4) is 0 Å². The lowest BCUT2D eigenvalue weighted by atomic mass is 9.83. The van der Waals surface area contributed by atoms with Crippen molar-refractivity contribution in [1.29, 1.82) is 0 Å². The number of aryl methyl sites for hydroxylation is 1. The molecule has 0 bridgehead atoms. The van der Waals surface area contributed by atoms with Gasteiger partial charge in [0.15, 0.2) is 0 Å². The summed E-state index contributed by atoms with van der Waals surface area (Å²) in [5, 5.41) is 0. The molecule has 184 valence electrons. The van der Waals surface area contributed by atoms with E-state index in [2.05, 4.69) is 28.2 Å². The van der Waals surface area contributed by atoms with Crippen LogP contribution in [0.5, 0.6) is 0 Å². The topological polar surface area (TPSA) is 49.0 Å². The lowest BCUT2D eigenvalue weighted by Gasteiger charge is -2.23. The maximum atomic E-state index is 13.9. The molecule has 2 aromatic heterocycles. The predicted molar refractivity (Wildman–Crippen MR) is 135 cm³/mol. The molecule has 2 aliphatic rings. The number of carbonyl (C=O) groups is 1. The molecule has 1 aromatic carbocycles. The highest BCUT2D eigenvalue weighted by atomic mass is 19.4. The average molecular weight is 490 g/mol. The van der Waals surface area contributed by atoms with Crippen molar-refractivity contribution in [3.05, 3.63) is 107 Å². The molecule has 1 amide bonds. The molecule has 1 unspecified atom stereocenters. The molecule has 0 radical (unpaired) electrons. The minimum atomic E-state index is -4.50. The van der Waals surface area contributed by atoms with Crippen LogP contribution >= 0.6 is 0 Å². The van der Waals surface area contributed by atoms with Gasteiger partial charge in [-0.2, -0.15) is 13.2 Å². The highest BCUT2D eigenvalue weighted by Crippen LogP contribution is 2.43. The monoisotopic (exact) mass is 489 g/mol. The number of allylic oxidation sites excluding steroid dienone is 4. The zero-order chi connectivity index (χ0) is 25.3. The summed E-state index contributed by atoms with van der Waals surface area (Å²) in [4.78, 5) is 21.8. The number of halogens is 3. The van der Waals surface area contributed by atoms with E-state index in [0.29, 0.717) is 11.3 Å². The van der Waals surface area contributed by atoms with Crippen molar-refractivity contribution in [1.82, 2.24) is 14.9 Å². The van der Waals surface area contributed by atoms with Crippen molar-refractivity contribution < 1.29 is 18.0 Å². The Morgan fingerprint density at radius 2 is 1.94 bits per heavy atom. The Labute approximate surface area is 207 Å². The third kappa shape index (κ3) is 4.78. The fraction of sp³-hybridized carbons (Fsp3) is 0.241. The molecule has 1 aliphatic heterocycles. The quantitative estimate of drug-likeness (QED) is 0.438. The molecular formula is C29H26F3N3O. The van der Waals surface area contributed by atoms with Gasteiger partial charge in [0.05, 0.1) is 11.3 Å². The van der Waals surface area contributed by atoms with E-state index in [0.717, 1.165) is 35.6 Å². The van der Waals surface area contributed by atoms with Gasteiger partial charge in [-0.3, -0.25) is 9.78 Å². The molecule has 4 nitrogen and oxygen atoms in total. The number of benzene rings is 1. The number of pyridine rings is 1. The van der Waals surface area contributed by atoms with Crippen LogP contribution in [0, 0.1) is 0 Å². The summed E-state index contributed by atoms with van der Waals surface area (Å²) in [7, 11) is 1.64. The number of alkyl halides is 3. The van der Waals surface area contributed by atoms with E-state index in [9.17, 15) is 18.0 Å². The van der Waals surface area contributed by atoms with E-state index in [1.54, 1.807) is 25.5 Å². The maximum Gasteiger partial charge on any atom is 0.416 e. The van der Waals surface area contributed by atoms with E-state index in [4.69, 9.17) is 0 Å². The van der Waals surface area contributed by atoms with Gasteiger partial charge in [-0.05, 0) is 71.9 Å². The summed E-state index contributed by atoms with van der Waals surface area (Å²) < 4.78 is 41.8. The highest BCUT2D eigenvalue weighted by Gasteiger charge is 2.37. The Hall–Kier alpha value is -3.87. The summed E-state index contributed by atoms with van der Waals surface area (Å²) in [6.07, 6.45) is 9.29. The Bertz CT molecular complexity index is 1380. The van der Waals surface area contributed by atoms with Crippen LogP contribution in [0.3, 0.4) is 0 Å². The van der Waals surface area contributed by atoms with Crippen LogP contribution in [0.4, 0.5) is 13.2 Å². The second-order valence-corrected chi connectivity index (χ2v) is 9.15. The summed E-state index contributed by atoms with van der Waals surface area (Å²) in [6.45, 7) is 0. The number of H-pyrrole nitrogens is 1. The molecule has 36 heavy (non-hydrogen) atoms.